The topological polar surface area (TPSA) is 109 Å². The number of carbonyl (C=O) groups is 3. The third-order valence-electron chi connectivity index (χ3n) is 3.87. The fourth-order valence-electron chi connectivity index (χ4n) is 2.55. The molecule has 0 bridgehead atoms. The van der Waals surface area contributed by atoms with Gasteiger partial charge in [0.1, 0.15) is 16.8 Å². The number of rotatable bonds is 7. The highest BCUT2D eigenvalue weighted by Crippen LogP contribution is 2.32. The maximum atomic E-state index is 11.9. The first-order chi connectivity index (χ1) is 12.6. The van der Waals surface area contributed by atoms with Gasteiger partial charge in [0.15, 0.2) is 0 Å². The van der Waals surface area contributed by atoms with Crippen LogP contribution in [0.5, 0.6) is 5.75 Å². The number of urea groups is 1. The molecule has 0 spiro atoms. The third-order valence-corrected chi connectivity index (χ3v) is 4.90. The smallest absolute Gasteiger partial charge is 0.322 e. The zero-order chi connectivity index (χ0) is 18.5. The van der Waals surface area contributed by atoms with Crippen LogP contribution >= 0.6 is 11.3 Å². The summed E-state index contributed by atoms with van der Waals surface area (Å²) in [5.41, 5.74) is 0.903. The molecule has 26 heavy (non-hydrogen) atoms. The number of amides is 4. The number of nitrogens with one attached hydrogen (secondary N) is 3. The van der Waals surface area contributed by atoms with Crippen molar-refractivity contribution >= 4 is 29.2 Å². The molecule has 0 radical (unpaired) electrons. The van der Waals surface area contributed by atoms with Gasteiger partial charge in [-0.3, -0.25) is 14.9 Å². The lowest BCUT2D eigenvalue weighted by atomic mass is 10.1. The molecule has 136 valence electrons. The van der Waals surface area contributed by atoms with Crippen molar-refractivity contribution in [2.45, 2.75) is 25.4 Å². The van der Waals surface area contributed by atoms with Gasteiger partial charge in [0.2, 0.25) is 5.91 Å². The summed E-state index contributed by atoms with van der Waals surface area (Å²) in [5.74, 6) is 0.159. The number of methoxy groups -OCH3 is 1. The van der Waals surface area contributed by atoms with Crippen LogP contribution in [0.3, 0.4) is 0 Å². The van der Waals surface area contributed by atoms with Gasteiger partial charge in [-0.15, -0.1) is 11.3 Å². The predicted octanol–water partition coefficient (Wildman–Crippen LogP) is 1.42. The zero-order valence-electron chi connectivity index (χ0n) is 14.1. The zero-order valence-corrected chi connectivity index (χ0v) is 14.9. The number of imide groups is 1. The van der Waals surface area contributed by atoms with E-state index in [0.717, 1.165) is 21.2 Å². The lowest BCUT2D eigenvalue weighted by molar-refractivity contribution is -0.122. The van der Waals surface area contributed by atoms with Crippen LogP contribution in [0, 0.1) is 0 Å². The van der Waals surface area contributed by atoms with E-state index in [-0.39, 0.29) is 18.7 Å². The summed E-state index contributed by atoms with van der Waals surface area (Å²) in [6.07, 6.45) is 2.13. The molecule has 3 N–H and O–H groups in total. The van der Waals surface area contributed by atoms with Crippen LogP contribution < -0.4 is 20.7 Å². The highest BCUT2D eigenvalue weighted by molar-refractivity contribution is 7.15. The monoisotopic (exact) mass is 374 g/mol. The Bertz CT molecular complexity index is 836. The van der Waals surface area contributed by atoms with Gasteiger partial charge in [-0.05, 0) is 18.6 Å². The van der Waals surface area contributed by atoms with Crippen LogP contribution in [0.25, 0.3) is 10.6 Å². The van der Waals surface area contributed by atoms with E-state index in [4.69, 9.17) is 4.74 Å². The number of ether oxygens (including phenoxy) is 1. The van der Waals surface area contributed by atoms with E-state index < -0.39 is 18.0 Å². The summed E-state index contributed by atoms with van der Waals surface area (Å²) in [7, 11) is 1.61. The van der Waals surface area contributed by atoms with Gasteiger partial charge in [0, 0.05) is 17.5 Å². The van der Waals surface area contributed by atoms with Crippen LogP contribution in [-0.4, -0.2) is 36.0 Å². The molecule has 2 heterocycles. The second-order valence-corrected chi connectivity index (χ2v) is 6.78. The number of benzene rings is 1. The first-order valence-corrected chi connectivity index (χ1v) is 8.84. The second kappa shape index (κ2) is 7.96. The molecule has 2 aromatic rings. The van der Waals surface area contributed by atoms with Gasteiger partial charge in [0.05, 0.1) is 19.2 Å². The Hall–Kier alpha value is -2.94. The molecule has 1 aliphatic rings. The van der Waals surface area contributed by atoms with Crippen LogP contribution in [-0.2, 0) is 16.1 Å². The second-order valence-electron chi connectivity index (χ2n) is 5.66. The maximum Gasteiger partial charge on any atom is 0.322 e. The van der Waals surface area contributed by atoms with Gasteiger partial charge >= 0.3 is 6.03 Å². The van der Waals surface area contributed by atoms with Gasteiger partial charge in [-0.25, -0.2) is 9.78 Å². The van der Waals surface area contributed by atoms with E-state index in [1.54, 1.807) is 13.3 Å². The van der Waals surface area contributed by atoms with Crippen molar-refractivity contribution in [3.05, 3.63) is 35.3 Å². The lowest BCUT2D eigenvalue weighted by Crippen LogP contribution is -2.31. The third kappa shape index (κ3) is 4.17. The quantitative estimate of drug-likeness (QED) is 0.635. The normalized spacial score (nSPS) is 16.1. The van der Waals surface area contributed by atoms with Crippen LogP contribution in [0.2, 0.25) is 0 Å². The summed E-state index contributed by atoms with van der Waals surface area (Å²) in [6, 6.07) is 6.45. The molecule has 1 aromatic heterocycles. The van der Waals surface area contributed by atoms with Crippen molar-refractivity contribution in [1.29, 1.82) is 0 Å². The molecule has 9 heteroatoms. The SMILES string of the molecule is COc1ccccc1-c1ncc(CNC(=O)CC[C@@H]2NC(=O)NC2=O)s1. The predicted molar refractivity (Wildman–Crippen MR) is 95.6 cm³/mol. The Morgan fingerprint density at radius 3 is 2.88 bits per heavy atom. The molecule has 1 aromatic carbocycles. The van der Waals surface area contributed by atoms with Gasteiger partial charge in [0.25, 0.3) is 5.91 Å². The number of aromatic nitrogens is 1. The highest BCUT2D eigenvalue weighted by Gasteiger charge is 2.29. The average molecular weight is 374 g/mol. The number of nitrogens with zero attached hydrogens (tertiary/aromatic N) is 1. The van der Waals surface area contributed by atoms with Crippen molar-refractivity contribution in [3.8, 4) is 16.3 Å². The van der Waals surface area contributed by atoms with Crippen molar-refractivity contribution in [1.82, 2.24) is 20.9 Å². The van der Waals surface area contributed by atoms with Crippen LogP contribution in [0.15, 0.2) is 30.5 Å². The van der Waals surface area contributed by atoms with Gasteiger partial charge < -0.3 is 15.4 Å². The molecular weight excluding hydrogens is 356 g/mol. The van der Waals surface area contributed by atoms with Gasteiger partial charge in [-0.2, -0.15) is 0 Å². The fraction of sp³-hybridized carbons (Fsp3) is 0.294. The number of hydrogen-bond acceptors (Lipinski definition) is 6. The molecular formula is C17H18N4O4S. The minimum Gasteiger partial charge on any atom is -0.496 e. The van der Waals surface area contributed by atoms with E-state index in [1.807, 2.05) is 24.3 Å². The molecule has 1 aliphatic heterocycles. The largest absolute Gasteiger partial charge is 0.496 e. The van der Waals surface area contributed by atoms with E-state index >= 15 is 0 Å². The Morgan fingerprint density at radius 2 is 2.15 bits per heavy atom. The molecule has 0 aliphatic carbocycles. The summed E-state index contributed by atoms with van der Waals surface area (Å²) in [5, 5.41) is 8.22. The Kier molecular flexibility index (Phi) is 5.47. The first-order valence-electron chi connectivity index (χ1n) is 8.03. The molecule has 4 amide bonds. The Labute approximate surface area is 154 Å². The fourth-order valence-corrected chi connectivity index (χ4v) is 3.43. The minimum atomic E-state index is -0.645. The number of hydrogen-bond donors (Lipinski definition) is 3. The molecule has 1 fully saturated rings. The van der Waals surface area contributed by atoms with Gasteiger partial charge in [-0.1, -0.05) is 12.1 Å². The standard InChI is InChI=1S/C17H18N4O4S/c1-25-13-5-3-2-4-11(13)16-19-9-10(26-16)8-18-14(22)7-6-12-15(23)21-17(24)20-12/h2-5,9,12H,6-8H2,1H3,(H,18,22)(H2,20,21,23,24)/t12-/m0/s1. The Balaban J connectivity index is 1.51. The van der Waals surface area contributed by atoms with Crippen molar-refractivity contribution in [2.75, 3.05) is 7.11 Å². The number of para-hydroxylation sites is 1. The summed E-state index contributed by atoms with van der Waals surface area (Å²) in [4.78, 5) is 39.7. The van der Waals surface area contributed by atoms with Crippen LogP contribution in [0.4, 0.5) is 4.79 Å². The van der Waals surface area contributed by atoms with E-state index in [1.165, 1.54) is 11.3 Å². The van der Waals surface area contributed by atoms with E-state index in [0.29, 0.717) is 6.54 Å². The summed E-state index contributed by atoms with van der Waals surface area (Å²) in [6.45, 7) is 0.356. The number of thiazole rings is 1. The van der Waals surface area contributed by atoms with E-state index in [2.05, 4.69) is 20.9 Å². The molecule has 0 saturated carbocycles. The summed E-state index contributed by atoms with van der Waals surface area (Å²) >= 11 is 1.47. The minimum absolute atomic E-state index is 0.149. The average Bonchev–Trinajstić information content (AvgIpc) is 3.24. The molecule has 1 saturated heterocycles. The van der Waals surface area contributed by atoms with Crippen molar-refractivity contribution in [3.63, 3.8) is 0 Å². The lowest BCUT2D eigenvalue weighted by Gasteiger charge is -2.07. The first kappa shape index (κ1) is 17.9. The Morgan fingerprint density at radius 1 is 1.35 bits per heavy atom. The molecule has 8 nitrogen and oxygen atoms in total. The van der Waals surface area contributed by atoms with Crippen LogP contribution in [0.1, 0.15) is 17.7 Å². The van der Waals surface area contributed by atoms with E-state index in [9.17, 15) is 14.4 Å². The van der Waals surface area contributed by atoms with Crippen molar-refractivity contribution < 1.29 is 19.1 Å². The number of carbonyl (C=O) groups excluding carboxylic acids is 3. The molecule has 1 atom stereocenters. The summed E-state index contributed by atoms with van der Waals surface area (Å²) < 4.78 is 5.34. The maximum absolute atomic E-state index is 11.9. The molecule has 3 rings (SSSR count). The van der Waals surface area contributed by atoms with Crippen molar-refractivity contribution in [2.24, 2.45) is 0 Å². The molecule has 0 unspecified atom stereocenters. The highest BCUT2D eigenvalue weighted by atomic mass is 32.1.